The van der Waals surface area contributed by atoms with Gasteiger partial charge in [-0.15, -0.1) is 22.7 Å². The van der Waals surface area contributed by atoms with Gasteiger partial charge in [0, 0.05) is 58.4 Å². The van der Waals surface area contributed by atoms with E-state index in [1.54, 1.807) is 0 Å². The standard InChI is InChI=1S/C54H36N2S2/c1-4-15-37(16-5-1)38-29-33-43(34-30-38)56(49-26-13-23-46-45-21-10-11-27-50(45)57-54(46)49)48-25-14-28-51-52(48)47-24-12-22-44(53(47)58-51)39-31-35-42(36-32-39)55(40-17-6-2-7-18-40)41-19-8-3-9-20-41/h1-36H. The van der Waals surface area contributed by atoms with Crippen LogP contribution in [0.4, 0.5) is 34.1 Å². The fourth-order valence-electron chi connectivity index (χ4n) is 8.38. The number of fused-ring (bicyclic) bond motifs is 6. The van der Waals surface area contributed by atoms with Crippen molar-refractivity contribution in [2.75, 3.05) is 9.80 Å². The van der Waals surface area contributed by atoms with Crippen LogP contribution >= 0.6 is 22.7 Å². The molecule has 4 heteroatoms. The Labute approximate surface area is 345 Å². The molecule has 0 aliphatic carbocycles. The van der Waals surface area contributed by atoms with Crippen LogP contribution in [0.3, 0.4) is 0 Å². The molecule has 274 valence electrons. The molecule has 0 N–H and O–H groups in total. The zero-order valence-electron chi connectivity index (χ0n) is 31.5. The van der Waals surface area contributed by atoms with E-state index in [-0.39, 0.29) is 0 Å². The third kappa shape index (κ3) is 5.93. The van der Waals surface area contributed by atoms with E-state index < -0.39 is 0 Å². The highest BCUT2D eigenvalue weighted by Gasteiger charge is 2.23. The average molecular weight is 777 g/mol. The molecule has 0 bridgehead atoms. The molecule has 0 spiro atoms. The van der Waals surface area contributed by atoms with Crippen molar-refractivity contribution < 1.29 is 0 Å². The van der Waals surface area contributed by atoms with Crippen LogP contribution in [0.15, 0.2) is 218 Å². The third-order valence-corrected chi connectivity index (χ3v) is 13.5. The molecule has 0 fully saturated rings. The molecule has 0 saturated heterocycles. The average Bonchev–Trinajstić information content (AvgIpc) is 3.88. The molecule has 0 saturated carbocycles. The lowest BCUT2D eigenvalue weighted by Crippen LogP contribution is -2.10. The van der Waals surface area contributed by atoms with Gasteiger partial charge in [0.05, 0.1) is 16.1 Å². The van der Waals surface area contributed by atoms with Crippen molar-refractivity contribution in [3.05, 3.63) is 218 Å². The van der Waals surface area contributed by atoms with Crippen LogP contribution in [-0.2, 0) is 0 Å². The molecule has 2 nitrogen and oxygen atoms in total. The van der Waals surface area contributed by atoms with Crippen LogP contribution in [0.1, 0.15) is 0 Å². The zero-order valence-corrected chi connectivity index (χ0v) is 33.1. The van der Waals surface area contributed by atoms with E-state index in [9.17, 15) is 0 Å². The van der Waals surface area contributed by atoms with Crippen LogP contribution in [0.2, 0.25) is 0 Å². The largest absolute Gasteiger partial charge is 0.311 e. The Kier molecular flexibility index (Phi) is 8.58. The summed E-state index contributed by atoms with van der Waals surface area (Å²) in [4.78, 5) is 4.80. The minimum Gasteiger partial charge on any atom is -0.311 e. The first-order valence-corrected chi connectivity index (χ1v) is 21.2. The van der Waals surface area contributed by atoms with Gasteiger partial charge < -0.3 is 9.80 Å². The van der Waals surface area contributed by atoms with Crippen LogP contribution in [0, 0.1) is 0 Å². The number of thiophene rings is 2. The topological polar surface area (TPSA) is 6.48 Å². The van der Waals surface area contributed by atoms with Crippen molar-refractivity contribution in [1.29, 1.82) is 0 Å². The van der Waals surface area contributed by atoms with Gasteiger partial charge >= 0.3 is 0 Å². The molecule has 0 radical (unpaired) electrons. The first kappa shape index (κ1) is 34.3. The summed E-state index contributed by atoms with van der Waals surface area (Å²) in [7, 11) is 0. The number of hydrogen-bond acceptors (Lipinski definition) is 4. The minimum atomic E-state index is 1.12. The van der Waals surface area contributed by atoms with Crippen molar-refractivity contribution in [3.8, 4) is 22.3 Å². The van der Waals surface area contributed by atoms with Gasteiger partial charge in [-0.3, -0.25) is 0 Å². The fraction of sp³-hybridized carbons (Fsp3) is 0. The molecular formula is C54H36N2S2. The predicted molar refractivity (Wildman–Crippen MR) is 252 cm³/mol. The molecule has 0 unspecified atom stereocenters. The summed E-state index contributed by atoms with van der Waals surface area (Å²) in [5, 5.41) is 5.12. The number of nitrogens with zero attached hydrogens (tertiary/aromatic N) is 2. The molecule has 2 heterocycles. The van der Waals surface area contributed by atoms with Crippen molar-refractivity contribution in [1.82, 2.24) is 0 Å². The SMILES string of the molecule is c1ccc(-c2ccc(N(c3cccc4c3sc3ccccc34)c3cccc4sc5c(-c6ccc(N(c7ccccc7)c7ccccc7)cc6)cccc5c34)cc2)cc1. The van der Waals surface area contributed by atoms with Crippen molar-refractivity contribution >= 4 is 97.1 Å². The van der Waals surface area contributed by atoms with E-state index in [0.717, 1.165) is 22.7 Å². The Balaban J connectivity index is 1.07. The summed E-state index contributed by atoms with van der Waals surface area (Å²) in [6.07, 6.45) is 0. The summed E-state index contributed by atoms with van der Waals surface area (Å²) < 4.78 is 5.15. The van der Waals surface area contributed by atoms with Crippen molar-refractivity contribution in [2.45, 2.75) is 0 Å². The van der Waals surface area contributed by atoms with E-state index in [1.165, 1.54) is 74.0 Å². The summed E-state index contributed by atoms with van der Waals surface area (Å²) in [5.74, 6) is 0. The van der Waals surface area contributed by atoms with Crippen LogP contribution in [-0.4, -0.2) is 0 Å². The molecule has 11 aromatic rings. The van der Waals surface area contributed by atoms with Crippen molar-refractivity contribution in [2.24, 2.45) is 0 Å². The van der Waals surface area contributed by atoms with Crippen molar-refractivity contribution in [3.63, 3.8) is 0 Å². The van der Waals surface area contributed by atoms with Crippen LogP contribution in [0.5, 0.6) is 0 Å². The van der Waals surface area contributed by atoms with E-state index in [2.05, 4.69) is 228 Å². The first-order chi connectivity index (χ1) is 28.8. The van der Waals surface area contributed by atoms with Gasteiger partial charge in [-0.05, 0) is 95.1 Å². The first-order valence-electron chi connectivity index (χ1n) is 19.6. The second-order valence-corrected chi connectivity index (χ2v) is 16.6. The predicted octanol–water partition coefficient (Wildman–Crippen LogP) is 16.7. The Morgan fingerprint density at radius 2 is 0.759 bits per heavy atom. The molecule has 2 aromatic heterocycles. The second kappa shape index (κ2) is 14.5. The fourth-order valence-corrected chi connectivity index (χ4v) is 10.8. The zero-order chi connectivity index (χ0) is 38.4. The lowest BCUT2D eigenvalue weighted by Gasteiger charge is -2.27. The van der Waals surface area contributed by atoms with E-state index in [1.807, 2.05) is 22.7 Å². The molecular weight excluding hydrogens is 741 g/mol. The summed E-state index contributed by atoms with van der Waals surface area (Å²) in [6, 6.07) is 79.1. The molecule has 0 amide bonds. The summed E-state index contributed by atoms with van der Waals surface area (Å²) in [6.45, 7) is 0. The third-order valence-electron chi connectivity index (χ3n) is 11.1. The molecule has 0 aliphatic rings. The highest BCUT2D eigenvalue weighted by atomic mass is 32.1. The second-order valence-electron chi connectivity index (χ2n) is 14.5. The molecule has 0 aliphatic heterocycles. The quantitative estimate of drug-likeness (QED) is 0.152. The number of anilines is 6. The Morgan fingerprint density at radius 1 is 0.276 bits per heavy atom. The lowest BCUT2D eigenvalue weighted by atomic mass is 10.0. The number of hydrogen-bond donors (Lipinski definition) is 0. The van der Waals surface area contributed by atoms with Gasteiger partial charge in [0.1, 0.15) is 0 Å². The highest BCUT2D eigenvalue weighted by molar-refractivity contribution is 7.27. The minimum absolute atomic E-state index is 1.12. The number of rotatable bonds is 8. The Bertz CT molecular complexity index is 3170. The normalized spacial score (nSPS) is 11.4. The van der Waals surface area contributed by atoms with Gasteiger partial charge in [-0.2, -0.15) is 0 Å². The van der Waals surface area contributed by atoms with Crippen LogP contribution < -0.4 is 9.80 Å². The maximum atomic E-state index is 2.49. The van der Waals surface area contributed by atoms with Gasteiger partial charge in [-0.1, -0.05) is 146 Å². The molecule has 0 atom stereocenters. The molecule has 11 rings (SSSR count). The maximum absolute atomic E-state index is 2.49. The summed E-state index contributed by atoms with van der Waals surface area (Å²) in [5.41, 5.74) is 11.7. The Morgan fingerprint density at radius 3 is 1.48 bits per heavy atom. The highest BCUT2D eigenvalue weighted by Crippen LogP contribution is 2.50. The van der Waals surface area contributed by atoms with E-state index in [4.69, 9.17) is 0 Å². The van der Waals surface area contributed by atoms with Gasteiger partial charge in [0.25, 0.3) is 0 Å². The number of benzene rings is 9. The van der Waals surface area contributed by atoms with Crippen LogP contribution in [0.25, 0.3) is 62.6 Å². The maximum Gasteiger partial charge on any atom is 0.0640 e. The Hall–Kier alpha value is -6.98. The van der Waals surface area contributed by atoms with Gasteiger partial charge in [0.2, 0.25) is 0 Å². The smallest absolute Gasteiger partial charge is 0.0640 e. The summed E-state index contributed by atoms with van der Waals surface area (Å²) >= 11 is 3.76. The van der Waals surface area contributed by atoms with Gasteiger partial charge in [0.15, 0.2) is 0 Å². The molecule has 9 aromatic carbocycles. The van der Waals surface area contributed by atoms with E-state index in [0.29, 0.717) is 0 Å². The lowest BCUT2D eigenvalue weighted by molar-refractivity contribution is 1.28. The van der Waals surface area contributed by atoms with E-state index >= 15 is 0 Å². The molecule has 58 heavy (non-hydrogen) atoms. The number of para-hydroxylation sites is 2. The monoisotopic (exact) mass is 776 g/mol. The van der Waals surface area contributed by atoms with Gasteiger partial charge in [-0.25, -0.2) is 0 Å².